The van der Waals surface area contributed by atoms with Crippen LogP contribution in [0.5, 0.6) is 0 Å². The second-order valence-corrected chi connectivity index (χ2v) is 5.50. The van der Waals surface area contributed by atoms with Crippen LogP contribution in [-0.4, -0.2) is 47.6 Å². The Bertz CT molecular complexity index is 480. The average Bonchev–Trinajstić information content (AvgIpc) is 2.83. The van der Waals surface area contributed by atoms with E-state index in [0.29, 0.717) is 18.8 Å². The molecule has 2 aliphatic rings. The van der Waals surface area contributed by atoms with Gasteiger partial charge in [-0.1, -0.05) is 13.0 Å². The highest BCUT2D eigenvalue weighted by atomic mass is 16.5. The summed E-state index contributed by atoms with van der Waals surface area (Å²) in [6.07, 6.45) is 3.62. The fourth-order valence-corrected chi connectivity index (χ4v) is 2.85. The number of aromatic nitrogens is 1. The standard InChI is InChI=1S/C15H21N3O2/c1-2-8-16-14-5-3-4-13(17-14)15(19)18-9-11-6-7-12(10-18)20-11/h3-5,11-12H,2,6-10H2,1H3,(H,16,17). The largest absolute Gasteiger partial charge is 0.371 e. The molecule has 2 aliphatic heterocycles. The van der Waals surface area contributed by atoms with Gasteiger partial charge in [-0.25, -0.2) is 4.98 Å². The van der Waals surface area contributed by atoms with Gasteiger partial charge in [0.1, 0.15) is 11.5 Å². The van der Waals surface area contributed by atoms with Gasteiger partial charge in [0.2, 0.25) is 0 Å². The van der Waals surface area contributed by atoms with Gasteiger partial charge in [-0.3, -0.25) is 4.79 Å². The van der Waals surface area contributed by atoms with E-state index in [-0.39, 0.29) is 18.1 Å². The number of amides is 1. The van der Waals surface area contributed by atoms with Crippen molar-refractivity contribution in [2.24, 2.45) is 0 Å². The molecule has 5 heteroatoms. The van der Waals surface area contributed by atoms with E-state index >= 15 is 0 Å². The van der Waals surface area contributed by atoms with Crippen molar-refractivity contribution >= 4 is 11.7 Å². The third-order valence-electron chi connectivity index (χ3n) is 3.86. The Morgan fingerprint density at radius 1 is 1.40 bits per heavy atom. The Balaban J connectivity index is 1.70. The molecular formula is C15H21N3O2. The minimum Gasteiger partial charge on any atom is -0.371 e. The maximum atomic E-state index is 12.5. The smallest absolute Gasteiger partial charge is 0.272 e. The summed E-state index contributed by atoms with van der Waals surface area (Å²) in [6, 6.07) is 5.57. The number of ether oxygens (including phenoxy) is 1. The zero-order valence-electron chi connectivity index (χ0n) is 11.8. The second-order valence-electron chi connectivity index (χ2n) is 5.50. The average molecular weight is 275 g/mol. The predicted molar refractivity (Wildman–Crippen MR) is 76.8 cm³/mol. The van der Waals surface area contributed by atoms with Crippen molar-refractivity contribution in [3.8, 4) is 0 Å². The Morgan fingerprint density at radius 3 is 2.85 bits per heavy atom. The Morgan fingerprint density at radius 2 is 2.15 bits per heavy atom. The van der Waals surface area contributed by atoms with E-state index < -0.39 is 0 Å². The quantitative estimate of drug-likeness (QED) is 0.912. The number of fused-ring (bicyclic) bond motifs is 2. The molecule has 0 radical (unpaired) electrons. The van der Waals surface area contributed by atoms with Crippen LogP contribution in [0.15, 0.2) is 18.2 Å². The Hall–Kier alpha value is -1.62. The van der Waals surface area contributed by atoms with E-state index in [1.54, 1.807) is 6.07 Å². The van der Waals surface area contributed by atoms with E-state index in [4.69, 9.17) is 4.74 Å². The number of rotatable bonds is 4. The summed E-state index contributed by atoms with van der Waals surface area (Å²) in [6.45, 7) is 4.37. The van der Waals surface area contributed by atoms with Crippen molar-refractivity contribution in [3.63, 3.8) is 0 Å². The number of carbonyl (C=O) groups excluding carboxylic acids is 1. The molecule has 1 N–H and O–H groups in total. The fraction of sp³-hybridized carbons (Fsp3) is 0.600. The molecule has 1 aromatic heterocycles. The van der Waals surface area contributed by atoms with Crippen LogP contribution in [0.3, 0.4) is 0 Å². The molecule has 2 bridgehead atoms. The van der Waals surface area contributed by atoms with Crippen LogP contribution in [0.1, 0.15) is 36.7 Å². The van der Waals surface area contributed by atoms with Crippen molar-refractivity contribution in [3.05, 3.63) is 23.9 Å². The highest BCUT2D eigenvalue weighted by Gasteiger charge is 2.36. The lowest BCUT2D eigenvalue weighted by Gasteiger charge is -2.31. The first kappa shape index (κ1) is 13.4. The van der Waals surface area contributed by atoms with E-state index in [1.807, 2.05) is 17.0 Å². The minimum absolute atomic E-state index is 0.0188. The van der Waals surface area contributed by atoms with Gasteiger partial charge in [-0.05, 0) is 31.4 Å². The molecule has 1 amide bonds. The molecule has 0 spiro atoms. The number of likely N-dealkylation sites (tertiary alicyclic amines) is 1. The third-order valence-corrected chi connectivity index (χ3v) is 3.86. The Kier molecular flexibility index (Phi) is 3.87. The molecule has 0 aliphatic carbocycles. The van der Waals surface area contributed by atoms with E-state index in [1.165, 1.54) is 0 Å². The monoisotopic (exact) mass is 275 g/mol. The number of nitrogens with one attached hydrogen (secondary N) is 1. The molecule has 3 rings (SSSR count). The molecule has 20 heavy (non-hydrogen) atoms. The number of hydrogen-bond acceptors (Lipinski definition) is 4. The highest BCUT2D eigenvalue weighted by Crippen LogP contribution is 2.27. The lowest BCUT2D eigenvalue weighted by atomic mass is 10.2. The summed E-state index contributed by atoms with van der Waals surface area (Å²) in [5.74, 6) is 0.791. The van der Waals surface area contributed by atoms with Crippen LogP contribution in [0, 0.1) is 0 Å². The van der Waals surface area contributed by atoms with Crippen LogP contribution < -0.4 is 5.32 Å². The SMILES string of the molecule is CCCNc1cccc(C(=O)N2CC3CCC(C2)O3)n1. The minimum atomic E-state index is 0.0188. The molecule has 2 unspecified atom stereocenters. The van der Waals surface area contributed by atoms with Crippen LogP contribution in [0.2, 0.25) is 0 Å². The molecule has 1 aromatic rings. The van der Waals surface area contributed by atoms with Crippen molar-refractivity contribution in [2.75, 3.05) is 25.0 Å². The van der Waals surface area contributed by atoms with E-state index in [9.17, 15) is 4.79 Å². The number of morpholine rings is 1. The molecule has 2 fully saturated rings. The van der Waals surface area contributed by atoms with Crippen molar-refractivity contribution in [2.45, 2.75) is 38.4 Å². The fourth-order valence-electron chi connectivity index (χ4n) is 2.85. The molecular weight excluding hydrogens is 254 g/mol. The summed E-state index contributed by atoms with van der Waals surface area (Å²) in [7, 11) is 0. The van der Waals surface area contributed by atoms with Gasteiger partial charge in [0.05, 0.1) is 12.2 Å². The van der Waals surface area contributed by atoms with Gasteiger partial charge < -0.3 is 15.0 Å². The summed E-state index contributed by atoms with van der Waals surface area (Å²) in [4.78, 5) is 18.8. The number of anilines is 1. The number of carbonyl (C=O) groups is 1. The van der Waals surface area contributed by atoms with E-state index in [2.05, 4.69) is 17.2 Å². The van der Waals surface area contributed by atoms with Gasteiger partial charge in [0, 0.05) is 19.6 Å². The van der Waals surface area contributed by atoms with Crippen molar-refractivity contribution in [1.82, 2.24) is 9.88 Å². The number of nitrogens with zero attached hydrogens (tertiary/aromatic N) is 2. The molecule has 108 valence electrons. The topological polar surface area (TPSA) is 54.5 Å². The molecule has 3 heterocycles. The van der Waals surface area contributed by atoms with Crippen molar-refractivity contribution in [1.29, 1.82) is 0 Å². The van der Waals surface area contributed by atoms with E-state index in [0.717, 1.165) is 31.6 Å². The van der Waals surface area contributed by atoms with Crippen molar-refractivity contribution < 1.29 is 9.53 Å². The predicted octanol–water partition coefficient (Wildman–Crippen LogP) is 1.91. The van der Waals surface area contributed by atoms with Gasteiger partial charge in [-0.2, -0.15) is 0 Å². The van der Waals surface area contributed by atoms with Gasteiger partial charge >= 0.3 is 0 Å². The van der Waals surface area contributed by atoms with Crippen LogP contribution >= 0.6 is 0 Å². The van der Waals surface area contributed by atoms with Crippen LogP contribution in [0.4, 0.5) is 5.82 Å². The first-order valence-electron chi connectivity index (χ1n) is 7.42. The van der Waals surface area contributed by atoms with Crippen LogP contribution in [0.25, 0.3) is 0 Å². The lowest BCUT2D eigenvalue weighted by Crippen LogP contribution is -2.46. The first-order valence-corrected chi connectivity index (χ1v) is 7.42. The molecule has 0 saturated carbocycles. The highest BCUT2D eigenvalue weighted by molar-refractivity contribution is 5.92. The Labute approximate surface area is 119 Å². The van der Waals surface area contributed by atoms with Gasteiger partial charge in [-0.15, -0.1) is 0 Å². The molecule has 2 saturated heterocycles. The first-order chi connectivity index (χ1) is 9.76. The third kappa shape index (κ3) is 2.77. The summed E-state index contributed by atoms with van der Waals surface area (Å²) >= 11 is 0. The zero-order valence-corrected chi connectivity index (χ0v) is 11.8. The molecule has 5 nitrogen and oxygen atoms in total. The lowest BCUT2D eigenvalue weighted by molar-refractivity contribution is -0.0305. The maximum Gasteiger partial charge on any atom is 0.272 e. The second kappa shape index (κ2) is 5.79. The summed E-state index contributed by atoms with van der Waals surface area (Å²) in [5, 5.41) is 3.22. The zero-order chi connectivity index (χ0) is 13.9. The van der Waals surface area contributed by atoms with Gasteiger partial charge in [0.15, 0.2) is 0 Å². The molecule has 2 atom stereocenters. The summed E-state index contributed by atoms with van der Waals surface area (Å²) < 4.78 is 5.76. The normalized spacial score (nSPS) is 24.8. The number of pyridine rings is 1. The maximum absolute atomic E-state index is 12.5. The van der Waals surface area contributed by atoms with Crippen LogP contribution in [-0.2, 0) is 4.74 Å². The summed E-state index contributed by atoms with van der Waals surface area (Å²) in [5.41, 5.74) is 0.521. The number of hydrogen-bond donors (Lipinski definition) is 1. The molecule has 0 aromatic carbocycles. The van der Waals surface area contributed by atoms with Gasteiger partial charge in [0.25, 0.3) is 5.91 Å².